The summed E-state index contributed by atoms with van der Waals surface area (Å²) in [4.78, 5) is 22.5. The first-order valence-corrected chi connectivity index (χ1v) is 5.29. The molecule has 0 bridgehead atoms. The Morgan fingerprint density at radius 2 is 1.56 bits per heavy atom. The Balaban J connectivity index is 3.02. The minimum atomic E-state index is -0.443. The first kappa shape index (κ1) is 13.8. The summed E-state index contributed by atoms with van der Waals surface area (Å²) in [5.41, 5.74) is 5.62. The summed E-state index contributed by atoms with van der Waals surface area (Å²) in [6.07, 6.45) is 0. The van der Waals surface area contributed by atoms with Crippen LogP contribution in [0.25, 0.3) is 0 Å². The van der Waals surface area contributed by atoms with Crippen molar-refractivity contribution in [2.45, 2.75) is 13.8 Å². The van der Waals surface area contributed by atoms with E-state index in [2.05, 4.69) is 10.9 Å². The van der Waals surface area contributed by atoms with Gasteiger partial charge in [0, 0.05) is 18.1 Å². The molecular weight excluding hydrogens is 236 g/mol. The largest absolute Gasteiger partial charge is 0.496 e. The summed E-state index contributed by atoms with van der Waals surface area (Å²) < 4.78 is 10.3. The average Bonchev–Trinajstić information content (AvgIpc) is 2.36. The quantitative estimate of drug-likeness (QED) is 0.780. The molecule has 6 nitrogen and oxygen atoms in total. The molecule has 0 aliphatic carbocycles. The van der Waals surface area contributed by atoms with Crippen LogP contribution in [0.2, 0.25) is 0 Å². The number of methoxy groups -OCH3 is 2. The predicted octanol–water partition coefficient (Wildman–Crippen LogP) is 0.793. The second kappa shape index (κ2) is 5.90. The monoisotopic (exact) mass is 252 g/mol. The highest BCUT2D eigenvalue weighted by molar-refractivity contribution is 5.96. The zero-order chi connectivity index (χ0) is 13.7. The van der Waals surface area contributed by atoms with E-state index in [-0.39, 0.29) is 5.91 Å². The lowest BCUT2D eigenvalue weighted by molar-refractivity contribution is -0.119. The molecule has 98 valence electrons. The highest BCUT2D eigenvalue weighted by Crippen LogP contribution is 2.29. The van der Waals surface area contributed by atoms with Gasteiger partial charge in [0.25, 0.3) is 5.91 Å². The lowest BCUT2D eigenvalue weighted by Gasteiger charge is -2.12. The van der Waals surface area contributed by atoms with Crippen LogP contribution < -0.4 is 20.3 Å². The molecule has 0 unspecified atom stereocenters. The van der Waals surface area contributed by atoms with Gasteiger partial charge in [-0.2, -0.15) is 0 Å². The van der Waals surface area contributed by atoms with Crippen LogP contribution in [0.5, 0.6) is 11.5 Å². The van der Waals surface area contributed by atoms with Gasteiger partial charge < -0.3 is 9.47 Å². The van der Waals surface area contributed by atoms with Crippen LogP contribution in [0.3, 0.4) is 0 Å². The summed E-state index contributed by atoms with van der Waals surface area (Å²) in [6.45, 7) is 3.13. The summed E-state index contributed by atoms with van der Waals surface area (Å²) in [6, 6.07) is 3.16. The highest BCUT2D eigenvalue weighted by atomic mass is 16.5. The molecule has 0 radical (unpaired) electrons. The first-order chi connectivity index (χ1) is 8.49. The second-order valence-corrected chi connectivity index (χ2v) is 3.64. The molecule has 2 N–H and O–H groups in total. The summed E-state index contributed by atoms with van der Waals surface area (Å²) in [5, 5.41) is 0. The van der Waals surface area contributed by atoms with Gasteiger partial charge in [0.15, 0.2) is 0 Å². The molecule has 18 heavy (non-hydrogen) atoms. The topological polar surface area (TPSA) is 76.7 Å². The van der Waals surface area contributed by atoms with Crippen LogP contribution in [-0.2, 0) is 4.79 Å². The Morgan fingerprint density at radius 3 is 1.94 bits per heavy atom. The molecule has 1 aromatic rings. The molecular formula is C12H16N2O4. The van der Waals surface area contributed by atoms with Crippen molar-refractivity contribution in [1.29, 1.82) is 0 Å². The molecule has 0 aliphatic rings. The van der Waals surface area contributed by atoms with Gasteiger partial charge in [-0.25, -0.2) is 0 Å². The third-order valence-corrected chi connectivity index (χ3v) is 2.37. The molecule has 6 heteroatoms. The van der Waals surface area contributed by atoms with E-state index in [9.17, 15) is 9.59 Å². The van der Waals surface area contributed by atoms with Crippen molar-refractivity contribution in [3.8, 4) is 11.5 Å². The van der Waals surface area contributed by atoms with E-state index < -0.39 is 5.91 Å². The number of rotatable bonds is 3. The molecule has 0 atom stereocenters. The molecule has 0 aliphatic heterocycles. The SMILES string of the molecule is COc1cc(C(=O)NNC(C)=O)cc(OC)c1C. The lowest BCUT2D eigenvalue weighted by Crippen LogP contribution is -2.40. The third-order valence-electron chi connectivity index (χ3n) is 2.37. The Bertz CT molecular complexity index is 446. The number of carbonyl (C=O) groups excluding carboxylic acids is 2. The van der Waals surface area contributed by atoms with E-state index in [0.717, 1.165) is 5.56 Å². The highest BCUT2D eigenvalue weighted by Gasteiger charge is 2.13. The maximum absolute atomic E-state index is 11.8. The number of carbonyl (C=O) groups is 2. The summed E-state index contributed by atoms with van der Waals surface area (Å²) >= 11 is 0. The van der Waals surface area contributed by atoms with Crippen LogP contribution in [-0.4, -0.2) is 26.0 Å². The van der Waals surface area contributed by atoms with Crippen molar-refractivity contribution in [3.63, 3.8) is 0 Å². The van der Waals surface area contributed by atoms with Gasteiger partial charge in [0.1, 0.15) is 11.5 Å². The van der Waals surface area contributed by atoms with E-state index in [0.29, 0.717) is 17.1 Å². The van der Waals surface area contributed by atoms with Crippen molar-refractivity contribution in [2.75, 3.05) is 14.2 Å². The molecule has 1 rings (SSSR count). The van der Waals surface area contributed by atoms with Gasteiger partial charge in [0.2, 0.25) is 5.91 Å². The number of amides is 2. The van der Waals surface area contributed by atoms with E-state index in [1.54, 1.807) is 12.1 Å². The molecule has 0 fully saturated rings. The zero-order valence-corrected chi connectivity index (χ0v) is 10.8. The van der Waals surface area contributed by atoms with E-state index >= 15 is 0 Å². The maximum Gasteiger partial charge on any atom is 0.269 e. The van der Waals surface area contributed by atoms with Gasteiger partial charge in [-0.1, -0.05) is 0 Å². The fourth-order valence-corrected chi connectivity index (χ4v) is 1.43. The van der Waals surface area contributed by atoms with Gasteiger partial charge >= 0.3 is 0 Å². The molecule has 0 aromatic heterocycles. The summed E-state index contributed by atoms with van der Waals surface area (Å²) in [7, 11) is 3.02. The standard InChI is InChI=1S/C12H16N2O4/c1-7-10(17-3)5-9(6-11(7)18-4)12(16)14-13-8(2)15/h5-6H,1-4H3,(H,13,15)(H,14,16). The van der Waals surface area contributed by atoms with Crippen LogP contribution in [0.1, 0.15) is 22.8 Å². The Kier molecular flexibility index (Phi) is 4.53. The van der Waals surface area contributed by atoms with Crippen molar-refractivity contribution in [2.24, 2.45) is 0 Å². The maximum atomic E-state index is 11.8. The fraction of sp³-hybridized carbons (Fsp3) is 0.333. The van der Waals surface area contributed by atoms with Gasteiger partial charge in [-0.15, -0.1) is 0 Å². The van der Waals surface area contributed by atoms with Gasteiger partial charge in [-0.05, 0) is 19.1 Å². The van der Waals surface area contributed by atoms with Crippen molar-refractivity contribution < 1.29 is 19.1 Å². The van der Waals surface area contributed by atoms with Crippen LogP contribution in [0.4, 0.5) is 0 Å². The third kappa shape index (κ3) is 3.13. The normalized spacial score (nSPS) is 9.56. The predicted molar refractivity (Wildman–Crippen MR) is 65.6 cm³/mol. The molecule has 2 amide bonds. The fourth-order valence-electron chi connectivity index (χ4n) is 1.43. The number of ether oxygens (including phenoxy) is 2. The van der Waals surface area contributed by atoms with Crippen molar-refractivity contribution >= 4 is 11.8 Å². The minimum Gasteiger partial charge on any atom is -0.496 e. The molecule has 0 heterocycles. The number of hydrogen-bond donors (Lipinski definition) is 2. The number of benzene rings is 1. The number of hydrogen-bond acceptors (Lipinski definition) is 4. The van der Waals surface area contributed by atoms with Crippen LogP contribution in [0, 0.1) is 6.92 Å². The summed E-state index contributed by atoms with van der Waals surface area (Å²) in [5.74, 6) is 0.292. The van der Waals surface area contributed by atoms with Crippen molar-refractivity contribution in [1.82, 2.24) is 10.9 Å². The first-order valence-electron chi connectivity index (χ1n) is 5.29. The molecule has 0 saturated carbocycles. The zero-order valence-electron chi connectivity index (χ0n) is 10.8. The van der Waals surface area contributed by atoms with E-state index in [4.69, 9.17) is 9.47 Å². The molecule has 0 spiro atoms. The van der Waals surface area contributed by atoms with E-state index in [1.807, 2.05) is 6.92 Å². The Labute approximate surface area is 105 Å². The molecule has 0 saturated heterocycles. The molecule has 1 aromatic carbocycles. The Morgan fingerprint density at radius 1 is 1.06 bits per heavy atom. The van der Waals surface area contributed by atoms with E-state index in [1.165, 1.54) is 21.1 Å². The smallest absolute Gasteiger partial charge is 0.269 e. The minimum absolute atomic E-state index is 0.336. The Hall–Kier alpha value is -2.24. The average molecular weight is 252 g/mol. The van der Waals surface area contributed by atoms with Gasteiger partial charge in [0.05, 0.1) is 14.2 Å². The van der Waals surface area contributed by atoms with Gasteiger partial charge in [-0.3, -0.25) is 20.4 Å². The van der Waals surface area contributed by atoms with Crippen molar-refractivity contribution in [3.05, 3.63) is 23.3 Å². The second-order valence-electron chi connectivity index (χ2n) is 3.64. The number of nitrogens with one attached hydrogen (secondary N) is 2. The lowest BCUT2D eigenvalue weighted by atomic mass is 10.1. The number of hydrazine groups is 1. The van der Waals surface area contributed by atoms with Crippen LogP contribution in [0.15, 0.2) is 12.1 Å². The van der Waals surface area contributed by atoms with Crippen LogP contribution >= 0.6 is 0 Å².